The molecule has 0 unspecified atom stereocenters. The Morgan fingerprint density at radius 3 is 2.71 bits per heavy atom. The van der Waals surface area contributed by atoms with Crippen molar-refractivity contribution in [2.45, 2.75) is 13.0 Å². The van der Waals surface area contributed by atoms with Gasteiger partial charge in [0, 0.05) is 12.4 Å². The van der Waals surface area contributed by atoms with Gasteiger partial charge in [-0.25, -0.2) is 13.9 Å². The Hall–Kier alpha value is -4.68. The van der Waals surface area contributed by atoms with E-state index in [0.717, 1.165) is 10.6 Å². The molecule has 4 aromatic rings. The van der Waals surface area contributed by atoms with Crippen molar-refractivity contribution in [3.63, 3.8) is 0 Å². The van der Waals surface area contributed by atoms with E-state index in [-0.39, 0.29) is 41.0 Å². The second-order valence-electron chi connectivity index (χ2n) is 6.77. The van der Waals surface area contributed by atoms with E-state index >= 15 is 0 Å². The van der Waals surface area contributed by atoms with Crippen LogP contribution in [0.5, 0.6) is 17.4 Å². The number of aromatic nitrogens is 4. The summed E-state index contributed by atoms with van der Waals surface area (Å²) in [5.74, 6) is -2.91. The number of anilines is 1. The molecule has 2 amide bonds. The number of hydrogen-bond donors (Lipinski definition) is 2. The number of nitrogens with two attached hydrogens (primary N) is 1. The van der Waals surface area contributed by atoms with E-state index in [1.54, 1.807) is 0 Å². The third kappa shape index (κ3) is 5.03. The number of amides is 2. The first-order chi connectivity index (χ1) is 16.3. The molecule has 0 aliphatic carbocycles. The monoisotopic (exact) mass is 472 g/mol. The third-order valence-corrected chi connectivity index (χ3v) is 4.40. The van der Waals surface area contributed by atoms with Crippen LogP contribution < -0.4 is 20.5 Å². The molecule has 0 saturated heterocycles. The molecular weight excluding hydrogens is 457 g/mol. The van der Waals surface area contributed by atoms with E-state index < -0.39 is 24.2 Å². The van der Waals surface area contributed by atoms with Crippen molar-refractivity contribution in [2.24, 2.45) is 5.73 Å². The van der Waals surface area contributed by atoms with Crippen LogP contribution in [-0.2, 0) is 11.2 Å². The summed E-state index contributed by atoms with van der Waals surface area (Å²) in [5, 5.41) is 6.39. The van der Waals surface area contributed by atoms with E-state index in [1.807, 2.05) is 0 Å². The number of primary amides is 1. The van der Waals surface area contributed by atoms with Crippen molar-refractivity contribution in [1.29, 1.82) is 0 Å². The van der Waals surface area contributed by atoms with E-state index in [9.17, 15) is 22.8 Å². The molecule has 3 N–H and O–H groups in total. The van der Waals surface area contributed by atoms with Crippen molar-refractivity contribution in [3.8, 4) is 17.4 Å². The van der Waals surface area contributed by atoms with E-state index in [2.05, 4.69) is 25.1 Å². The maximum absolute atomic E-state index is 14.5. The van der Waals surface area contributed by atoms with Gasteiger partial charge < -0.3 is 15.2 Å². The average Bonchev–Trinajstić information content (AvgIpc) is 3.19. The lowest BCUT2D eigenvalue weighted by molar-refractivity contribution is -0.115. The number of fused-ring (bicyclic) bond motifs is 1. The van der Waals surface area contributed by atoms with Gasteiger partial charge in [-0.15, -0.1) is 5.10 Å². The van der Waals surface area contributed by atoms with Gasteiger partial charge >= 0.3 is 6.61 Å². The Kier molecular flexibility index (Phi) is 6.25. The fourth-order valence-corrected chi connectivity index (χ4v) is 2.98. The van der Waals surface area contributed by atoms with E-state index in [0.29, 0.717) is 5.56 Å². The predicted octanol–water partition coefficient (Wildman–Crippen LogP) is 2.94. The zero-order chi connectivity index (χ0) is 24.2. The molecule has 4 rings (SSSR count). The van der Waals surface area contributed by atoms with Crippen molar-refractivity contribution in [2.75, 3.05) is 5.32 Å². The Labute approximate surface area is 189 Å². The second-order valence-corrected chi connectivity index (χ2v) is 6.77. The Bertz CT molecular complexity index is 1380. The molecule has 0 atom stereocenters. The van der Waals surface area contributed by atoms with Gasteiger partial charge in [0.2, 0.25) is 17.7 Å². The summed E-state index contributed by atoms with van der Waals surface area (Å²) in [7, 11) is 0. The first kappa shape index (κ1) is 22.5. The number of nitrogens with zero attached hydrogens (tertiary/aromatic N) is 4. The van der Waals surface area contributed by atoms with Gasteiger partial charge in [0.1, 0.15) is 5.56 Å². The summed E-state index contributed by atoms with van der Waals surface area (Å²) < 4.78 is 50.5. The zero-order valence-electron chi connectivity index (χ0n) is 17.1. The molecule has 0 aliphatic heterocycles. The molecule has 34 heavy (non-hydrogen) atoms. The number of hydrogen-bond acceptors (Lipinski definition) is 7. The fraction of sp³-hybridized carbons (Fsp3) is 0.0952. The van der Waals surface area contributed by atoms with Crippen LogP contribution in [0.1, 0.15) is 15.9 Å². The number of benzene rings is 1. The normalized spacial score (nSPS) is 10.9. The van der Waals surface area contributed by atoms with Crippen molar-refractivity contribution in [3.05, 3.63) is 71.8 Å². The van der Waals surface area contributed by atoms with Crippen molar-refractivity contribution >= 4 is 23.4 Å². The highest BCUT2D eigenvalue weighted by Gasteiger charge is 2.16. The number of ether oxygens (including phenoxy) is 2. The lowest BCUT2D eigenvalue weighted by atomic mass is 10.1. The van der Waals surface area contributed by atoms with Crippen LogP contribution in [0.3, 0.4) is 0 Å². The molecule has 0 spiro atoms. The standard InChI is InChI=1S/C21H15F3N6O4/c22-13-9-11(5-6-14(13)33-19-12(17(25)32)3-1-7-26-19)10-16(31)27-21-28-18-15(34-20(23)24)4-2-8-30(18)29-21/h1-9,20H,10H2,(H2,25,32)(H,27,29,31). The number of alkyl halides is 2. The summed E-state index contributed by atoms with van der Waals surface area (Å²) in [6.07, 6.45) is 2.55. The van der Waals surface area contributed by atoms with Gasteiger partial charge in [-0.1, -0.05) is 6.07 Å². The lowest BCUT2D eigenvalue weighted by Gasteiger charge is -2.09. The van der Waals surface area contributed by atoms with Crippen LogP contribution in [0.4, 0.5) is 19.1 Å². The Balaban J connectivity index is 1.45. The summed E-state index contributed by atoms with van der Waals surface area (Å²) in [4.78, 5) is 31.7. The van der Waals surface area contributed by atoms with Gasteiger partial charge in [-0.05, 0) is 42.0 Å². The highest BCUT2D eigenvalue weighted by Crippen LogP contribution is 2.26. The topological polar surface area (TPSA) is 134 Å². The minimum Gasteiger partial charge on any atom is -0.435 e. The van der Waals surface area contributed by atoms with Gasteiger partial charge in [0.15, 0.2) is 23.0 Å². The highest BCUT2D eigenvalue weighted by atomic mass is 19.3. The molecular formula is C21H15F3N6O4. The molecule has 0 saturated carbocycles. The van der Waals surface area contributed by atoms with E-state index in [4.69, 9.17) is 10.5 Å². The smallest absolute Gasteiger partial charge is 0.387 e. The van der Waals surface area contributed by atoms with E-state index in [1.165, 1.54) is 48.8 Å². The molecule has 0 fully saturated rings. The van der Waals surface area contributed by atoms with Crippen LogP contribution >= 0.6 is 0 Å². The third-order valence-electron chi connectivity index (χ3n) is 4.40. The summed E-state index contributed by atoms with van der Waals surface area (Å²) in [5.41, 5.74) is 5.51. The number of carbonyl (C=O) groups excluding carboxylic acids is 2. The van der Waals surface area contributed by atoms with Crippen molar-refractivity contribution in [1.82, 2.24) is 19.6 Å². The van der Waals surface area contributed by atoms with Crippen LogP contribution in [0.2, 0.25) is 0 Å². The first-order valence-electron chi connectivity index (χ1n) is 9.61. The molecule has 13 heteroatoms. The summed E-state index contributed by atoms with van der Waals surface area (Å²) >= 11 is 0. The molecule has 3 heterocycles. The minimum absolute atomic E-state index is 0.0181. The summed E-state index contributed by atoms with van der Waals surface area (Å²) in [6, 6.07) is 9.37. The highest BCUT2D eigenvalue weighted by molar-refractivity contribution is 5.95. The maximum atomic E-state index is 14.5. The van der Waals surface area contributed by atoms with Crippen molar-refractivity contribution < 1.29 is 32.2 Å². The molecule has 3 aromatic heterocycles. The fourth-order valence-electron chi connectivity index (χ4n) is 2.98. The number of rotatable bonds is 8. The summed E-state index contributed by atoms with van der Waals surface area (Å²) in [6.45, 7) is -3.05. The number of nitrogens with one attached hydrogen (secondary N) is 1. The SMILES string of the molecule is NC(=O)c1cccnc1Oc1ccc(CC(=O)Nc2nc3c(OC(F)F)cccn3n2)cc1F. The molecule has 10 nitrogen and oxygen atoms in total. The zero-order valence-corrected chi connectivity index (χ0v) is 17.1. The van der Waals surface area contributed by atoms with Gasteiger partial charge in [-0.3, -0.25) is 14.9 Å². The maximum Gasteiger partial charge on any atom is 0.387 e. The van der Waals surface area contributed by atoms with Gasteiger partial charge in [-0.2, -0.15) is 13.8 Å². The lowest BCUT2D eigenvalue weighted by Crippen LogP contribution is -2.15. The molecule has 174 valence electrons. The van der Waals surface area contributed by atoms with Crippen LogP contribution in [0, 0.1) is 5.82 Å². The van der Waals surface area contributed by atoms with Crippen LogP contribution in [-0.4, -0.2) is 38.0 Å². The number of halogens is 3. The van der Waals surface area contributed by atoms with Crippen LogP contribution in [0.15, 0.2) is 54.9 Å². The predicted molar refractivity (Wildman–Crippen MR) is 111 cm³/mol. The quantitative estimate of drug-likeness (QED) is 0.403. The Morgan fingerprint density at radius 2 is 1.97 bits per heavy atom. The molecule has 1 aromatic carbocycles. The second kappa shape index (κ2) is 9.44. The Morgan fingerprint density at radius 1 is 1.15 bits per heavy atom. The van der Waals surface area contributed by atoms with Crippen LogP contribution in [0.25, 0.3) is 5.65 Å². The molecule has 0 radical (unpaired) electrons. The average molecular weight is 472 g/mol. The molecule has 0 aliphatic rings. The largest absolute Gasteiger partial charge is 0.435 e. The number of carbonyl (C=O) groups is 2. The minimum atomic E-state index is -3.05. The van der Waals surface area contributed by atoms with Gasteiger partial charge in [0.25, 0.3) is 5.91 Å². The molecule has 0 bridgehead atoms. The first-order valence-corrected chi connectivity index (χ1v) is 9.61. The number of pyridine rings is 2. The van der Waals surface area contributed by atoms with Gasteiger partial charge in [0.05, 0.1) is 6.42 Å².